The van der Waals surface area contributed by atoms with Gasteiger partial charge in [0.15, 0.2) is 0 Å². The van der Waals surface area contributed by atoms with Crippen LogP contribution in [0, 0.1) is 11.6 Å². The summed E-state index contributed by atoms with van der Waals surface area (Å²) in [6.45, 7) is 1.85. The predicted octanol–water partition coefficient (Wildman–Crippen LogP) is 5.15. The number of benzene rings is 2. The van der Waals surface area contributed by atoms with Crippen LogP contribution in [0.4, 0.5) is 14.6 Å². The van der Waals surface area contributed by atoms with Crippen molar-refractivity contribution in [2.24, 2.45) is 4.99 Å². The highest BCUT2D eigenvalue weighted by molar-refractivity contribution is 14.1. The van der Waals surface area contributed by atoms with Gasteiger partial charge in [-0.25, -0.2) is 18.7 Å². The van der Waals surface area contributed by atoms with Crippen LogP contribution in [0.5, 0.6) is 0 Å². The number of hydrogen-bond acceptors (Lipinski definition) is 6. The maximum atomic E-state index is 14.0. The molecule has 0 aliphatic carbocycles. The summed E-state index contributed by atoms with van der Waals surface area (Å²) >= 11 is 2.07. The van der Waals surface area contributed by atoms with Crippen LogP contribution in [0.2, 0.25) is 0 Å². The van der Waals surface area contributed by atoms with Crippen molar-refractivity contribution in [3.63, 3.8) is 0 Å². The summed E-state index contributed by atoms with van der Waals surface area (Å²) in [7, 11) is 0. The molecule has 0 amide bonds. The minimum absolute atomic E-state index is 0.0803. The molecule has 4 aromatic rings. The lowest BCUT2D eigenvalue weighted by Gasteiger charge is -2.20. The van der Waals surface area contributed by atoms with E-state index in [9.17, 15) is 13.6 Å². The summed E-state index contributed by atoms with van der Waals surface area (Å²) < 4.78 is 34.7. The maximum absolute atomic E-state index is 14.0. The first kappa shape index (κ1) is 20.7. The topological polar surface area (TPSA) is 94.4 Å². The Hall–Kier alpha value is -3.21. The Morgan fingerprint density at radius 2 is 1.88 bits per heavy atom. The molecule has 0 radical (unpaired) electrons. The fraction of sp³-hybridized carbons (Fsp3) is 0.130. The number of rotatable bonds is 3. The highest BCUT2D eigenvalue weighted by Gasteiger charge is 2.35. The lowest BCUT2D eigenvalue weighted by atomic mass is 9.90. The first-order chi connectivity index (χ1) is 15.3. The molecule has 2 unspecified atom stereocenters. The van der Waals surface area contributed by atoms with Crippen molar-refractivity contribution in [1.29, 1.82) is 0 Å². The Balaban J connectivity index is 1.78. The smallest absolute Gasteiger partial charge is 0.200 e. The fourth-order valence-corrected chi connectivity index (χ4v) is 4.86. The molecule has 1 aliphatic rings. The number of nitrogens with zero attached hydrogens (tertiary/aromatic N) is 3. The SMILES string of the molecule is CC(c1oc2ccc(F)cc2c(=O)c1-c1cccc(F)c1)C1N=C(I)c2c(N)ncnc21. The summed E-state index contributed by atoms with van der Waals surface area (Å²) in [5, 5.41) is 0.0803. The van der Waals surface area contributed by atoms with Crippen molar-refractivity contribution in [2.75, 3.05) is 5.73 Å². The van der Waals surface area contributed by atoms with Gasteiger partial charge in [-0.2, -0.15) is 0 Å². The van der Waals surface area contributed by atoms with Gasteiger partial charge in [-0.05, 0) is 58.5 Å². The van der Waals surface area contributed by atoms with Crippen LogP contribution in [-0.4, -0.2) is 13.7 Å². The number of aliphatic imine (C=N–C) groups is 1. The van der Waals surface area contributed by atoms with Gasteiger partial charge < -0.3 is 10.2 Å². The maximum Gasteiger partial charge on any atom is 0.200 e. The molecule has 6 nitrogen and oxygen atoms in total. The first-order valence-corrected chi connectivity index (χ1v) is 10.8. The van der Waals surface area contributed by atoms with Gasteiger partial charge in [-0.15, -0.1) is 0 Å². The van der Waals surface area contributed by atoms with Gasteiger partial charge in [0.2, 0.25) is 5.43 Å². The van der Waals surface area contributed by atoms with Gasteiger partial charge in [0.1, 0.15) is 44.9 Å². The molecule has 0 spiro atoms. The Kier molecular flexibility index (Phi) is 5.00. The molecule has 1 aliphatic heterocycles. The van der Waals surface area contributed by atoms with Gasteiger partial charge in [-0.1, -0.05) is 19.1 Å². The van der Waals surface area contributed by atoms with Crippen LogP contribution in [0.15, 0.2) is 63.0 Å². The molecular weight excluding hydrogens is 529 g/mol. The van der Waals surface area contributed by atoms with Crippen molar-refractivity contribution in [3.8, 4) is 11.1 Å². The standard InChI is InChI=1S/C23H15F2IN4O2/c1-10(18-19-17(22(26)30-18)23(27)29-9-28-19)21-16(11-3-2-4-12(24)7-11)20(31)14-8-13(25)5-6-15(14)32-21/h2-10,18H,1H3,(H2,27,28,29). The van der Waals surface area contributed by atoms with Crippen LogP contribution in [0.1, 0.15) is 35.9 Å². The third-order valence-corrected chi connectivity index (χ3v) is 6.34. The van der Waals surface area contributed by atoms with E-state index in [1.807, 2.05) is 6.92 Å². The van der Waals surface area contributed by atoms with Crippen LogP contribution in [0.25, 0.3) is 22.1 Å². The Morgan fingerprint density at radius 1 is 1.09 bits per heavy atom. The summed E-state index contributed by atoms with van der Waals surface area (Å²) in [4.78, 5) is 26.6. The number of nitrogens with two attached hydrogens (primary N) is 1. The van der Waals surface area contributed by atoms with Crippen molar-refractivity contribution in [3.05, 3.63) is 87.7 Å². The molecule has 3 heterocycles. The summed E-state index contributed by atoms with van der Waals surface area (Å²) in [6.07, 6.45) is 1.37. The molecule has 0 fully saturated rings. The quantitative estimate of drug-likeness (QED) is 0.360. The first-order valence-electron chi connectivity index (χ1n) is 9.71. The van der Waals surface area contributed by atoms with Crippen molar-refractivity contribution < 1.29 is 13.2 Å². The zero-order valence-electron chi connectivity index (χ0n) is 16.6. The number of hydrogen-bond donors (Lipinski definition) is 1. The van der Waals surface area contributed by atoms with Crippen molar-refractivity contribution in [2.45, 2.75) is 18.9 Å². The molecule has 160 valence electrons. The minimum Gasteiger partial charge on any atom is -0.460 e. The van der Waals surface area contributed by atoms with E-state index in [0.29, 0.717) is 32.1 Å². The zero-order valence-corrected chi connectivity index (χ0v) is 18.8. The third kappa shape index (κ3) is 3.27. The van der Waals surface area contributed by atoms with Crippen molar-refractivity contribution in [1.82, 2.24) is 9.97 Å². The normalized spacial score (nSPS) is 16.1. The average Bonchev–Trinajstić information content (AvgIpc) is 3.11. The van der Waals surface area contributed by atoms with Gasteiger partial charge in [0, 0.05) is 5.92 Å². The molecule has 0 saturated carbocycles. The van der Waals surface area contributed by atoms with Gasteiger partial charge in [0.05, 0.1) is 22.2 Å². The summed E-state index contributed by atoms with van der Waals surface area (Å²) in [6, 6.07) is 8.93. The van der Waals surface area contributed by atoms with E-state index >= 15 is 0 Å². The molecule has 0 saturated heterocycles. The van der Waals surface area contributed by atoms with Crippen LogP contribution < -0.4 is 11.2 Å². The average molecular weight is 544 g/mol. The van der Waals surface area contributed by atoms with Crippen molar-refractivity contribution >= 4 is 43.1 Å². The Labute approximate surface area is 194 Å². The van der Waals surface area contributed by atoms with Crippen LogP contribution in [-0.2, 0) is 0 Å². The van der Waals surface area contributed by atoms with E-state index in [4.69, 9.17) is 15.1 Å². The Morgan fingerprint density at radius 3 is 2.66 bits per heavy atom. The number of aromatic nitrogens is 2. The number of anilines is 1. The monoisotopic (exact) mass is 544 g/mol. The van der Waals surface area contributed by atoms with E-state index in [1.54, 1.807) is 6.07 Å². The molecule has 2 aromatic heterocycles. The highest BCUT2D eigenvalue weighted by atomic mass is 127. The number of fused-ring (bicyclic) bond motifs is 2. The largest absolute Gasteiger partial charge is 0.460 e. The van der Waals surface area contributed by atoms with Crippen LogP contribution >= 0.6 is 22.6 Å². The fourth-order valence-electron chi connectivity index (χ4n) is 4.01. The molecule has 9 heteroatoms. The number of halogens is 3. The van der Waals surface area contributed by atoms with E-state index in [-0.39, 0.29) is 16.5 Å². The molecule has 2 aromatic carbocycles. The molecule has 2 N–H and O–H groups in total. The van der Waals surface area contributed by atoms with E-state index in [0.717, 1.165) is 6.07 Å². The summed E-state index contributed by atoms with van der Waals surface area (Å²) in [5.74, 6) is -0.900. The van der Waals surface area contributed by atoms with Gasteiger partial charge in [0.25, 0.3) is 0 Å². The Bertz CT molecular complexity index is 1490. The third-order valence-electron chi connectivity index (χ3n) is 5.52. The van der Waals surface area contributed by atoms with E-state index in [2.05, 4.69) is 32.6 Å². The second-order valence-electron chi connectivity index (χ2n) is 7.49. The molecule has 2 atom stereocenters. The van der Waals surface area contributed by atoms with Gasteiger partial charge >= 0.3 is 0 Å². The predicted molar refractivity (Wildman–Crippen MR) is 126 cm³/mol. The van der Waals surface area contributed by atoms with Gasteiger partial charge in [-0.3, -0.25) is 9.79 Å². The minimum atomic E-state index is -0.563. The zero-order chi connectivity index (χ0) is 22.6. The molecule has 5 rings (SSSR count). The van der Waals surface area contributed by atoms with E-state index in [1.165, 1.54) is 36.7 Å². The molecular formula is C23H15F2IN4O2. The van der Waals surface area contributed by atoms with E-state index < -0.39 is 29.0 Å². The number of nitrogen functional groups attached to an aromatic ring is 1. The lowest BCUT2D eigenvalue weighted by molar-refractivity contribution is 0.454. The molecule has 0 bridgehead atoms. The summed E-state index contributed by atoms with van der Waals surface area (Å²) in [5.41, 5.74) is 7.60. The van der Waals surface area contributed by atoms with Crippen LogP contribution in [0.3, 0.4) is 0 Å². The lowest BCUT2D eigenvalue weighted by Crippen LogP contribution is -2.15. The second-order valence-corrected chi connectivity index (χ2v) is 8.52. The second kappa shape index (κ2) is 7.73. The highest BCUT2D eigenvalue weighted by Crippen LogP contribution is 2.44. The molecule has 32 heavy (non-hydrogen) atoms.